The second kappa shape index (κ2) is 8.92. The minimum absolute atomic E-state index is 0.142. The Labute approximate surface area is 156 Å². The van der Waals surface area contributed by atoms with Crippen molar-refractivity contribution in [3.05, 3.63) is 29.8 Å². The Morgan fingerprint density at radius 2 is 1.92 bits per heavy atom. The number of benzene rings is 1. The minimum Gasteiger partial charge on any atom is -0.497 e. The van der Waals surface area contributed by atoms with Crippen LogP contribution in [0.5, 0.6) is 5.75 Å². The average Bonchev–Trinajstić information content (AvgIpc) is 3.37. The number of amides is 1. The van der Waals surface area contributed by atoms with Gasteiger partial charge in [-0.2, -0.15) is 0 Å². The van der Waals surface area contributed by atoms with Gasteiger partial charge in [-0.15, -0.1) is 0 Å². The number of guanidine groups is 1. The monoisotopic (exact) mass is 358 g/mol. The summed E-state index contributed by atoms with van der Waals surface area (Å²) >= 11 is 0. The summed E-state index contributed by atoms with van der Waals surface area (Å²) in [7, 11) is 1.69. The third kappa shape index (κ3) is 4.48. The molecule has 0 radical (unpaired) electrons. The first-order valence-corrected chi connectivity index (χ1v) is 9.66. The Hall–Kier alpha value is -2.24. The summed E-state index contributed by atoms with van der Waals surface area (Å²) in [4.78, 5) is 21.1. The molecule has 2 saturated heterocycles. The summed E-state index contributed by atoms with van der Waals surface area (Å²) < 4.78 is 5.24. The number of nitrogens with zero attached hydrogens (tertiary/aromatic N) is 3. The van der Waals surface area contributed by atoms with Crippen molar-refractivity contribution in [1.29, 1.82) is 0 Å². The van der Waals surface area contributed by atoms with Gasteiger partial charge in [0.05, 0.1) is 7.11 Å². The molecular formula is C20H30N4O2. The van der Waals surface area contributed by atoms with Crippen LogP contribution in [0.25, 0.3) is 0 Å². The Balaban J connectivity index is 1.60. The molecule has 1 atom stereocenters. The van der Waals surface area contributed by atoms with Crippen LogP contribution in [0.2, 0.25) is 0 Å². The normalized spacial score (nSPS) is 20.5. The Bertz CT molecular complexity index is 623. The van der Waals surface area contributed by atoms with Gasteiger partial charge in [0.25, 0.3) is 0 Å². The molecule has 2 fully saturated rings. The molecule has 6 heteroatoms. The molecule has 0 aliphatic carbocycles. The fraction of sp³-hybridized carbons (Fsp3) is 0.600. The van der Waals surface area contributed by atoms with Gasteiger partial charge < -0.3 is 19.9 Å². The first kappa shape index (κ1) is 18.5. The quantitative estimate of drug-likeness (QED) is 0.647. The number of rotatable bonds is 5. The van der Waals surface area contributed by atoms with Crippen molar-refractivity contribution < 1.29 is 9.53 Å². The van der Waals surface area contributed by atoms with E-state index in [1.165, 1.54) is 5.56 Å². The fourth-order valence-electron chi connectivity index (χ4n) is 3.74. The van der Waals surface area contributed by atoms with E-state index >= 15 is 0 Å². The maximum Gasteiger partial charge on any atom is 0.244 e. The third-order valence-corrected chi connectivity index (χ3v) is 5.23. The molecule has 0 aromatic heterocycles. The van der Waals surface area contributed by atoms with E-state index in [1.807, 2.05) is 17.0 Å². The largest absolute Gasteiger partial charge is 0.497 e. The van der Waals surface area contributed by atoms with E-state index < -0.39 is 0 Å². The molecule has 2 aliphatic heterocycles. The van der Waals surface area contributed by atoms with Crippen molar-refractivity contribution in [2.75, 3.05) is 46.4 Å². The summed E-state index contributed by atoms with van der Waals surface area (Å²) in [6.07, 6.45) is 3.33. The number of ether oxygens (including phenoxy) is 1. The maximum absolute atomic E-state index is 12.3. The zero-order valence-electron chi connectivity index (χ0n) is 15.9. The standard InChI is InChI=1S/C20H30N4O2/c1-3-21-20(22-14-19(25)23-11-4-5-12-23)24-13-10-17(15-24)16-6-8-18(26-2)9-7-16/h6-9,17H,3-5,10-15H2,1-2H3,(H,21,22). The lowest BCUT2D eigenvalue weighted by molar-refractivity contribution is -0.128. The zero-order valence-corrected chi connectivity index (χ0v) is 15.9. The number of carbonyl (C=O) groups is 1. The topological polar surface area (TPSA) is 57.2 Å². The molecule has 0 bridgehead atoms. The lowest BCUT2D eigenvalue weighted by Gasteiger charge is -2.22. The molecule has 1 N–H and O–H groups in total. The summed E-state index contributed by atoms with van der Waals surface area (Å²) in [5, 5.41) is 3.35. The van der Waals surface area contributed by atoms with Gasteiger partial charge in [-0.3, -0.25) is 4.79 Å². The lowest BCUT2D eigenvalue weighted by Crippen LogP contribution is -2.41. The number of nitrogens with one attached hydrogen (secondary N) is 1. The minimum atomic E-state index is 0.142. The number of likely N-dealkylation sites (tertiary alicyclic amines) is 2. The van der Waals surface area contributed by atoms with Gasteiger partial charge in [0, 0.05) is 38.6 Å². The molecule has 26 heavy (non-hydrogen) atoms. The van der Waals surface area contributed by atoms with Crippen molar-refractivity contribution in [3.8, 4) is 5.75 Å². The van der Waals surface area contributed by atoms with Crippen LogP contribution in [0.1, 0.15) is 37.7 Å². The van der Waals surface area contributed by atoms with Gasteiger partial charge >= 0.3 is 0 Å². The van der Waals surface area contributed by atoms with E-state index in [0.29, 0.717) is 5.92 Å². The highest BCUT2D eigenvalue weighted by Gasteiger charge is 2.26. The third-order valence-electron chi connectivity index (χ3n) is 5.23. The summed E-state index contributed by atoms with van der Waals surface area (Å²) in [6, 6.07) is 8.33. The molecule has 1 unspecified atom stereocenters. The molecule has 0 spiro atoms. The molecule has 1 aromatic carbocycles. The van der Waals surface area contributed by atoms with Crippen LogP contribution >= 0.6 is 0 Å². The van der Waals surface area contributed by atoms with Crippen LogP contribution in [0, 0.1) is 0 Å². The summed E-state index contributed by atoms with van der Waals surface area (Å²) in [6.45, 7) is 6.76. The van der Waals surface area contributed by atoms with Gasteiger partial charge in [0.2, 0.25) is 5.91 Å². The number of methoxy groups -OCH3 is 1. The Morgan fingerprint density at radius 1 is 1.19 bits per heavy atom. The molecule has 6 nitrogen and oxygen atoms in total. The predicted molar refractivity (Wildman–Crippen MR) is 104 cm³/mol. The van der Waals surface area contributed by atoms with Gasteiger partial charge in [-0.25, -0.2) is 4.99 Å². The molecule has 1 amide bonds. The van der Waals surface area contributed by atoms with Crippen LogP contribution < -0.4 is 10.1 Å². The molecule has 1 aromatic rings. The van der Waals surface area contributed by atoms with E-state index in [9.17, 15) is 4.79 Å². The van der Waals surface area contributed by atoms with Crippen molar-refractivity contribution in [2.45, 2.75) is 32.1 Å². The van der Waals surface area contributed by atoms with Gasteiger partial charge in [0.1, 0.15) is 12.3 Å². The SMILES string of the molecule is CCNC(=NCC(=O)N1CCCC1)N1CCC(c2ccc(OC)cc2)C1. The first-order chi connectivity index (χ1) is 12.7. The number of hydrogen-bond donors (Lipinski definition) is 1. The van der Waals surface area contributed by atoms with Crippen LogP contribution in [0.3, 0.4) is 0 Å². The molecule has 0 saturated carbocycles. The van der Waals surface area contributed by atoms with Gasteiger partial charge in [-0.05, 0) is 43.9 Å². The second-order valence-corrected chi connectivity index (χ2v) is 6.96. The molecule has 2 aliphatic rings. The van der Waals surface area contributed by atoms with Gasteiger partial charge in [-0.1, -0.05) is 12.1 Å². The average molecular weight is 358 g/mol. The van der Waals surface area contributed by atoms with E-state index in [4.69, 9.17) is 4.74 Å². The first-order valence-electron chi connectivity index (χ1n) is 9.66. The van der Waals surface area contributed by atoms with E-state index in [0.717, 1.165) is 63.7 Å². The number of carbonyl (C=O) groups excluding carboxylic acids is 1. The smallest absolute Gasteiger partial charge is 0.244 e. The summed E-state index contributed by atoms with van der Waals surface area (Å²) in [5.41, 5.74) is 1.33. The van der Waals surface area contributed by atoms with Crippen molar-refractivity contribution in [3.63, 3.8) is 0 Å². The van der Waals surface area contributed by atoms with E-state index in [-0.39, 0.29) is 12.5 Å². The highest BCUT2D eigenvalue weighted by Crippen LogP contribution is 2.28. The molecule has 3 rings (SSSR count). The van der Waals surface area contributed by atoms with Crippen LogP contribution in [-0.2, 0) is 4.79 Å². The van der Waals surface area contributed by atoms with Crippen molar-refractivity contribution in [2.24, 2.45) is 4.99 Å². The van der Waals surface area contributed by atoms with Crippen LogP contribution in [0.4, 0.5) is 0 Å². The molecule has 142 valence electrons. The second-order valence-electron chi connectivity index (χ2n) is 6.96. The Kier molecular flexibility index (Phi) is 6.36. The lowest BCUT2D eigenvalue weighted by atomic mass is 9.98. The predicted octanol–water partition coefficient (Wildman–Crippen LogP) is 2.07. The number of aliphatic imine (C=N–C) groups is 1. The van der Waals surface area contributed by atoms with Crippen molar-refractivity contribution >= 4 is 11.9 Å². The van der Waals surface area contributed by atoms with Gasteiger partial charge in [0.15, 0.2) is 5.96 Å². The zero-order chi connectivity index (χ0) is 18.4. The van der Waals surface area contributed by atoms with Crippen LogP contribution in [-0.4, -0.2) is 68.0 Å². The van der Waals surface area contributed by atoms with Crippen LogP contribution in [0.15, 0.2) is 29.3 Å². The molecule has 2 heterocycles. The fourth-order valence-corrected chi connectivity index (χ4v) is 3.74. The highest BCUT2D eigenvalue weighted by molar-refractivity contribution is 5.85. The Morgan fingerprint density at radius 3 is 2.58 bits per heavy atom. The van der Waals surface area contributed by atoms with E-state index in [1.54, 1.807) is 7.11 Å². The molecular weight excluding hydrogens is 328 g/mol. The highest BCUT2D eigenvalue weighted by atomic mass is 16.5. The van der Waals surface area contributed by atoms with Crippen molar-refractivity contribution in [1.82, 2.24) is 15.1 Å². The maximum atomic E-state index is 12.3. The van der Waals surface area contributed by atoms with E-state index in [2.05, 4.69) is 34.3 Å². The summed E-state index contributed by atoms with van der Waals surface area (Å²) in [5.74, 6) is 2.37. The number of hydrogen-bond acceptors (Lipinski definition) is 3.